The molecule has 0 aromatic heterocycles. The molecule has 6 heteroatoms. The van der Waals surface area contributed by atoms with Crippen molar-refractivity contribution in [3.63, 3.8) is 0 Å². The zero-order valence-corrected chi connectivity index (χ0v) is 12.7. The number of carbonyl (C=O) groups excluding carboxylic acids is 2. The molecule has 1 fully saturated rings. The lowest BCUT2D eigenvalue weighted by molar-refractivity contribution is -0.124. The Bertz CT molecular complexity index is 600. The van der Waals surface area contributed by atoms with Gasteiger partial charge in [0.25, 0.3) is 11.1 Å². The maximum absolute atomic E-state index is 12.2. The first-order chi connectivity index (χ1) is 9.43. The first-order valence-corrected chi connectivity index (χ1v) is 7.39. The van der Waals surface area contributed by atoms with Gasteiger partial charge in [-0.25, -0.2) is 0 Å². The number of rotatable bonds is 3. The Morgan fingerprint density at radius 2 is 2.15 bits per heavy atom. The second-order valence-electron chi connectivity index (χ2n) is 4.52. The van der Waals surface area contributed by atoms with Gasteiger partial charge in [0.2, 0.25) is 0 Å². The molecule has 1 aromatic carbocycles. The average Bonchev–Trinajstić information content (AvgIpc) is 2.68. The number of nitrogens with zero attached hydrogens (tertiary/aromatic N) is 1. The number of thioether (sulfide) groups is 1. The number of hydrogen-bond donors (Lipinski definition) is 1. The number of amides is 2. The lowest BCUT2D eigenvalue weighted by Crippen LogP contribution is -2.36. The van der Waals surface area contributed by atoms with Gasteiger partial charge in [-0.3, -0.25) is 14.5 Å². The van der Waals surface area contributed by atoms with Crippen molar-refractivity contribution in [3.8, 4) is 5.75 Å². The molecule has 106 valence electrons. The molecule has 1 N–H and O–H groups in total. The zero-order valence-electron chi connectivity index (χ0n) is 11.1. The van der Waals surface area contributed by atoms with E-state index in [0.717, 1.165) is 18.2 Å². The van der Waals surface area contributed by atoms with Crippen LogP contribution in [0, 0.1) is 0 Å². The Kier molecular flexibility index (Phi) is 4.40. The standard InChI is InChI=1S/C14H14ClNO3S/c1-3-8(2)16-13(18)12(20-14(16)19)7-9-4-5-11(17)10(15)6-9/h4-8,17H,3H2,1-2H3/b12-7+/t8-/m1/s1. The Labute approximate surface area is 126 Å². The van der Waals surface area contributed by atoms with Crippen LogP contribution in [0.4, 0.5) is 4.79 Å². The second kappa shape index (κ2) is 5.89. The number of benzene rings is 1. The molecule has 0 unspecified atom stereocenters. The highest BCUT2D eigenvalue weighted by Crippen LogP contribution is 2.35. The van der Waals surface area contributed by atoms with Crippen molar-refractivity contribution in [2.24, 2.45) is 0 Å². The molecule has 0 saturated carbocycles. The molecule has 1 heterocycles. The van der Waals surface area contributed by atoms with Crippen molar-refractivity contribution < 1.29 is 14.7 Å². The molecule has 1 atom stereocenters. The van der Waals surface area contributed by atoms with Crippen molar-refractivity contribution in [3.05, 3.63) is 33.7 Å². The molecule has 4 nitrogen and oxygen atoms in total. The summed E-state index contributed by atoms with van der Waals surface area (Å²) in [4.78, 5) is 25.7. The Morgan fingerprint density at radius 3 is 2.75 bits per heavy atom. The quantitative estimate of drug-likeness (QED) is 0.861. The Morgan fingerprint density at radius 1 is 1.45 bits per heavy atom. The third-order valence-corrected chi connectivity index (χ3v) is 4.31. The predicted molar refractivity (Wildman–Crippen MR) is 80.7 cm³/mol. The minimum Gasteiger partial charge on any atom is -0.506 e. The molecule has 0 aliphatic carbocycles. The van der Waals surface area contributed by atoms with Crippen LogP contribution in [-0.4, -0.2) is 27.2 Å². The molecule has 1 aromatic rings. The SMILES string of the molecule is CC[C@@H](C)N1C(=O)S/C(=C/c2ccc(O)c(Cl)c2)C1=O. The molecule has 0 spiro atoms. The summed E-state index contributed by atoms with van der Waals surface area (Å²) < 4.78 is 0. The second-order valence-corrected chi connectivity index (χ2v) is 5.92. The van der Waals surface area contributed by atoms with E-state index in [1.807, 2.05) is 13.8 Å². The van der Waals surface area contributed by atoms with Crippen LogP contribution in [0.3, 0.4) is 0 Å². The fourth-order valence-corrected chi connectivity index (χ4v) is 2.93. The third kappa shape index (κ3) is 2.83. The predicted octanol–water partition coefficient (Wildman–Crippen LogP) is 3.88. The summed E-state index contributed by atoms with van der Waals surface area (Å²) >= 11 is 6.74. The van der Waals surface area contributed by atoms with E-state index in [9.17, 15) is 14.7 Å². The van der Waals surface area contributed by atoms with E-state index in [1.165, 1.54) is 11.0 Å². The van der Waals surface area contributed by atoms with Crippen LogP contribution in [0.15, 0.2) is 23.1 Å². The van der Waals surface area contributed by atoms with Crippen LogP contribution >= 0.6 is 23.4 Å². The maximum atomic E-state index is 12.2. The Balaban J connectivity index is 2.30. The number of phenols is 1. The van der Waals surface area contributed by atoms with Crippen molar-refractivity contribution >= 4 is 40.6 Å². The summed E-state index contributed by atoms with van der Waals surface area (Å²) in [7, 11) is 0. The summed E-state index contributed by atoms with van der Waals surface area (Å²) in [6, 6.07) is 4.52. The van der Waals surface area contributed by atoms with Crippen molar-refractivity contribution in [1.82, 2.24) is 4.90 Å². The van der Waals surface area contributed by atoms with Gasteiger partial charge in [-0.1, -0.05) is 24.6 Å². The van der Waals surface area contributed by atoms with Gasteiger partial charge >= 0.3 is 0 Å². The average molecular weight is 312 g/mol. The summed E-state index contributed by atoms with van der Waals surface area (Å²) in [5, 5.41) is 9.32. The lowest BCUT2D eigenvalue weighted by atomic mass is 10.2. The van der Waals surface area contributed by atoms with Gasteiger partial charge in [-0.2, -0.15) is 0 Å². The van der Waals surface area contributed by atoms with Crippen LogP contribution in [0.25, 0.3) is 6.08 Å². The maximum Gasteiger partial charge on any atom is 0.293 e. The monoisotopic (exact) mass is 311 g/mol. The number of aromatic hydroxyl groups is 1. The van der Waals surface area contributed by atoms with Gasteiger partial charge in [-0.05, 0) is 48.9 Å². The van der Waals surface area contributed by atoms with Crippen LogP contribution in [0.5, 0.6) is 5.75 Å². The van der Waals surface area contributed by atoms with Crippen molar-refractivity contribution in [2.45, 2.75) is 26.3 Å². The van der Waals surface area contributed by atoms with Gasteiger partial charge in [-0.15, -0.1) is 0 Å². The number of halogens is 1. The molecule has 20 heavy (non-hydrogen) atoms. The van der Waals surface area contributed by atoms with Crippen LogP contribution in [0.1, 0.15) is 25.8 Å². The first-order valence-electron chi connectivity index (χ1n) is 6.19. The van der Waals surface area contributed by atoms with Gasteiger partial charge in [0.1, 0.15) is 5.75 Å². The topological polar surface area (TPSA) is 57.6 Å². The number of hydrogen-bond acceptors (Lipinski definition) is 4. The lowest BCUT2D eigenvalue weighted by Gasteiger charge is -2.19. The van der Waals surface area contributed by atoms with Crippen molar-refractivity contribution in [1.29, 1.82) is 0 Å². The molecule has 0 radical (unpaired) electrons. The minimum absolute atomic E-state index is 0.0171. The highest BCUT2D eigenvalue weighted by atomic mass is 35.5. The molecule has 1 aliphatic heterocycles. The summed E-state index contributed by atoms with van der Waals surface area (Å²) in [5.74, 6) is -0.296. The van der Waals surface area contributed by atoms with Gasteiger partial charge in [0, 0.05) is 6.04 Å². The zero-order chi connectivity index (χ0) is 14.9. The fourth-order valence-electron chi connectivity index (χ4n) is 1.81. The summed E-state index contributed by atoms with van der Waals surface area (Å²) in [6.45, 7) is 3.77. The van der Waals surface area contributed by atoms with Crippen LogP contribution < -0.4 is 0 Å². The largest absolute Gasteiger partial charge is 0.506 e. The van der Waals surface area contributed by atoms with E-state index < -0.39 is 0 Å². The van der Waals surface area contributed by atoms with Gasteiger partial charge in [0.15, 0.2) is 0 Å². The smallest absolute Gasteiger partial charge is 0.293 e. The number of carbonyl (C=O) groups is 2. The number of imide groups is 1. The van der Waals surface area contributed by atoms with E-state index in [4.69, 9.17) is 11.6 Å². The highest BCUT2D eigenvalue weighted by Gasteiger charge is 2.37. The Hall–Kier alpha value is -1.46. The van der Waals surface area contributed by atoms with E-state index >= 15 is 0 Å². The van der Waals surface area contributed by atoms with E-state index in [1.54, 1.807) is 18.2 Å². The summed E-state index contributed by atoms with van der Waals surface area (Å²) in [5.41, 5.74) is 0.669. The molecular weight excluding hydrogens is 298 g/mol. The molecule has 2 rings (SSSR count). The molecule has 0 bridgehead atoms. The molecule has 1 saturated heterocycles. The summed E-state index contributed by atoms with van der Waals surface area (Å²) in [6.07, 6.45) is 2.33. The van der Waals surface area contributed by atoms with E-state index in [0.29, 0.717) is 10.5 Å². The van der Waals surface area contributed by atoms with Crippen LogP contribution in [-0.2, 0) is 4.79 Å². The van der Waals surface area contributed by atoms with Crippen LogP contribution in [0.2, 0.25) is 5.02 Å². The van der Waals surface area contributed by atoms with Crippen molar-refractivity contribution in [2.75, 3.05) is 0 Å². The third-order valence-electron chi connectivity index (χ3n) is 3.12. The fraction of sp³-hybridized carbons (Fsp3) is 0.286. The number of phenolic OH excluding ortho intramolecular Hbond substituents is 1. The normalized spacial score (nSPS) is 18.9. The minimum atomic E-state index is -0.279. The molecular formula is C14H14ClNO3S. The molecule has 1 aliphatic rings. The van der Waals surface area contributed by atoms with Gasteiger partial charge in [0.05, 0.1) is 9.93 Å². The first kappa shape index (κ1) is 14.9. The highest BCUT2D eigenvalue weighted by molar-refractivity contribution is 8.18. The van der Waals surface area contributed by atoms with E-state index in [2.05, 4.69) is 0 Å². The van der Waals surface area contributed by atoms with E-state index in [-0.39, 0.29) is 28.0 Å². The van der Waals surface area contributed by atoms with Gasteiger partial charge < -0.3 is 5.11 Å². The molecule has 2 amide bonds.